The van der Waals surface area contributed by atoms with Crippen molar-refractivity contribution in [2.45, 2.75) is 16.9 Å². The van der Waals surface area contributed by atoms with Crippen molar-refractivity contribution >= 4 is 40.7 Å². The Bertz CT molecular complexity index is 212. The topological polar surface area (TPSA) is 38.3 Å². The first-order valence-electron chi connectivity index (χ1n) is 3.35. The van der Waals surface area contributed by atoms with E-state index in [-0.39, 0.29) is 0 Å². The summed E-state index contributed by atoms with van der Waals surface area (Å²) in [6.45, 7) is 4.97. The zero-order valence-electron chi connectivity index (χ0n) is 7.23. The van der Waals surface area contributed by atoms with E-state index in [1.54, 1.807) is 6.92 Å². The van der Waals surface area contributed by atoms with Gasteiger partial charge in [-0.2, -0.15) is 0 Å². The highest BCUT2D eigenvalue weighted by Gasteiger charge is 2.33. The summed E-state index contributed by atoms with van der Waals surface area (Å²) in [7, 11) is 1.32. The molecule has 0 radical (unpaired) electrons. The van der Waals surface area contributed by atoms with Crippen molar-refractivity contribution in [1.82, 2.24) is 5.32 Å². The SMILES string of the molecule is C=C(C)C(=O)NC(OC)C(Cl)(Cl)Cl. The third-order valence-electron chi connectivity index (χ3n) is 1.18. The molecule has 0 saturated carbocycles. The molecule has 0 aliphatic carbocycles. The zero-order chi connectivity index (χ0) is 10.6. The quantitative estimate of drug-likeness (QED) is 0.470. The second-order valence-electron chi connectivity index (χ2n) is 2.41. The number of ether oxygens (including phenoxy) is 1. The molecule has 1 amide bonds. The van der Waals surface area contributed by atoms with Crippen molar-refractivity contribution in [3.05, 3.63) is 12.2 Å². The highest BCUT2D eigenvalue weighted by atomic mass is 35.6. The van der Waals surface area contributed by atoms with E-state index in [1.807, 2.05) is 0 Å². The first-order chi connectivity index (χ1) is 5.79. The monoisotopic (exact) mass is 245 g/mol. The van der Waals surface area contributed by atoms with E-state index in [1.165, 1.54) is 7.11 Å². The van der Waals surface area contributed by atoms with E-state index in [0.29, 0.717) is 5.57 Å². The lowest BCUT2D eigenvalue weighted by molar-refractivity contribution is -0.120. The average molecular weight is 247 g/mol. The Morgan fingerprint density at radius 2 is 2.00 bits per heavy atom. The highest BCUT2D eigenvalue weighted by Crippen LogP contribution is 2.30. The van der Waals surface area contributed by atoms with Gasteiger partial charge in [-0.25, -0.2) is 0 Å². The van der Waals surface area contributed by atoms with Gasteiger partial charge in [0.25, 0.3) is 0 Å². The minimum atomic E-state index is -1.69. The molecule has 0 aliphatic rings. The maximum Gasteiger partial charge on any atom is 0.248 e. The van der Waals surface area contributed by atoms with Gasteiger partial charge in [-0.3, -0.25) is 4.79 Å². The van der Waals surface area contributed by atoms with Crippen LogP contribution in [0.15, 0.2) is 12.2 Å². The number of nitrogens with one attached hydrogen (secondary N) is 1. The summed E-state index contributed by atoms with van der Waals surface area (Å²) in [6, 6.07) is 0. The van der Waals surface area contributed by atoms with Gasteiger partial charge < -0.3 is 10.1 Å². The van der Waals surface area contributed by atoms with Gasteiger partial charge >= 0.3 is 0 Å². The predicted octanol–water partition coefficient (Wildman–Crippen LogP) is 2.02. The van der Waals surface area contributed by atoms with Crippen LogP contribution in [0.2, 0.25) is 0 Å². The maximum atomic E-state index is 11.1. The Labute approximate surface area is 92.0 Å². The lowest BCUT2D eigenvalue weighted by atomic mass is 10.3. The smallest absolute Gasteiger partial charge is 0.248 e. The Hall–Kier alpha value is 0.0400. The van der Waals surface area contributed by atoms with Gasteiger partial charge in [-0.1, -0.05) is 41.4 Å². The molecule has 0 heterocycles. The summed E-state index contributed by atoms with van der Waals surface area (Å²) in [4.78, 5) is 11.1. The van der Waals surface area contributed by atoms with E-state index in [0.717, 1.165) is 0 Å². The first-order valence-corrected chi connectivity index (χ1v) is 4.48. The molecule has 0 aliphatic heterocycles. The number of hydrogen-bond acceptors (Lipinski definition) is 2. The van der Waals surface area contributed by atoms with Crippen LogP contribution in [0.1, 0.15) is 6.92 Å². The summed E-state index contributed by atoms with van der Waals surface area (Å²) in [5, 5.41) is 2.35. The molecule has 0 rings (SSSR count). The fraction of sp³-hybridized carbons (Fsp3) is 0.571. The van der Waals surface area contributed by atoms with Crippen LogP contribution in [0.5, 0.6) is 0 Å². The van der Waals surface area contributed by atoms with Crippen molar-refractivity contribution in [2.75, 3.05) is 7.11 Å². The fourth-order valence-electron chi connectivity index (χ4n) is 0.517. The van der Waals surface area contributed by atoms with Crippen LogP contribution in [0.3, 0.4) is 0 Å². The van der Waals surface area contributed by atoms with Crippen molar-refractivity contribution in [3.63, 3.8) is 0 Å². The Balaban J connectivity index is 4.31. The van der Waals surface area contributed by atoms with E-state index in [2.05, 4.69) is 11.9 Å². The molecular weight excluding hydrogens is 236 g/mol. The zero-order valence-corrected chi connectivity index (χ0v) is 9.50. The molecule has 0 bridgehead atoms. The Kier molecular flexibility index (Phi) is 5.07. The molecule has 0 aromatic rings. The van der Waals surface area contributed by atoms with E-state index < -0.39 is 15.9 Å². The van der Waals surface area contributed by atoms with Gasteiger partial charge in [0.2, 0.25) is 9.70 Å². The van der Waals surface area contributed by atoms with E-state index in [4.69, 9.17) is 39.5 Å². The van der Waals surface area contributed by atoms with Crippen molar-refractivity contribution in [1.29, 1.82) is 0 Å². The number of methoxy groups -OCH3 is 1. The number of hydrogen-bond donors (Lipinski definition) is 1. The lowest BCUT2D eigenvalue weighted by Gasteiger charge is -2.23. The predicted molar refractivity (Wildman–Crippen MR) is 54.0 cm³/mol. The number of halogens is 3. The highest BCUT2D eigenvalue weighted by molar-refractivity contribution is 6.68. The summed E-state index contributed by atoms with van der Waals surface area (Å²) >= 11 is 16.5. The summed E-state index contributed by atoms with van der Waals surface area (Å²) in [5.74, 6) is -0.418. The number of carbonyl (C=O) groups excluding carboxylic acids is 1. The third kappa shape index (κ3) is 4.72. The minimum absolute atomic E-state index is 0.316. The standard InChI is InChI=1S/C7H10Cl3NO2/c1-4(2)5(12)11-6(13-3)7(8,9)10/h6H,1H2,2-3H3,(H,11,12). The maximum absolute atomic E-state index is 11.1. The molecule has 76 valence electrons. The molecule has 0 saturated heterocycles. The summed E-state index contributed by atoms with van der Waals surface area (Å²) in [6.07, 6.45) is -0.985. The van der Waals surface area contributed by atoms with Crippen LogP contribution in [0.4, 0.5) is 0 Å². The molecule has 1 atom stereocenters. The molecule has 0 spiro atoms. The number of alkyl halides is 3. The molecule has 1 N–H and O–H groups in total. The summed E-state index contributed by atoms with van der Waals surface area (Å²) < 4.78 is 3.07. The van der Waals surface area contributed by atoms with Crippen molar-refractivity contribution < 1.29 is 9.53 Å². The largest absolute Gasteiger partial charge is 0.357 e. The molecule has 13 heavy (non-hydrogen) atoms. The van der Waals surface area contributed by atoms with Gasteiger partial charge in [-0.15, -0.1) is 0 Å². The molecule has 6 heteroatoms. The normalized spacial score (nSPS) is 13.6. The van der Waals surface area contributed by atoms with Crippen molar-refractivity contribution in [2.24, 2.45) is 0 Å². The van der Waals surface area contributed by atoms with Gasteiger partial charge in [0.1, 0.15) is 0 Å². The minimum Gasteiger partial charge on any atom is -0.357 e. The van der Waals surface area contributed by atoms with Crippen LogP contribution in [0.25, 0.3) is 0 Å². The van der Waals surface area contributed by atoms with Gasteiger partial charge in [0, 0.05) is 12.7 Å². The second kappa shape index (κ2) is 5.05. The fourth-order valence-corrected chi connectivity index (χ4v) is 0.948. The van der Waals surface area contributed by atoms with Crippen molar-refractivity contribution in [3.8, 4) is 0 Å². The van der Waals surface area contributed by atoms with Crippen LogP contribution in [-0.2, 0) is 9.53 Å². The van der Waals surface area contributed by atoms with E-state index in [9.17, 15) is 4.79 Å². The summed E-state index contributed by atoms with van der Waals surface area (Å²) in [5.41, 5.74) is 0.316. The van der Waals surface area contributed by atoms with Crippen LogP contribution in [0, 0.1) is 0 Å². The second-order valence-corrected chi connectivity index (χ2v) is 4.78. The lowest BCUT2D eigenvalue weighted by Crippen LogP contribution is -2.45. The number of amides is 1. The molecule has 0 fully saturated rings. The Morgan fingerprint density at radius 1 is 1.54 bits per heavy atom. The molecule has 3 nitrogen and oxygen atoms in total. The molecule has 1 unspecified atom stereocenters. The van der Waals surface area contributed by atoms with Gasteiger partial charge in [0.15, 0.2) is 6.23 Å². The van der Waals surface area contributed by atoms with Crippen LogP contribution in [-0.4, -0.2) is 23.0 Å². The van der Waals surface area contributed by atoms with Crippen LogP contribution >= 0.6 is 34.8 Å². The Morgan fingerprint density at radius 3 is 2.23 bits per heavy atom. The molecule has 0 aromatic heterocycles. The molecular formula is C7H10Cl3NO2. The molecule has 0 aromatic carbocycles. The third-order valence-corrected chi connectivity index (χ3v) is 1.78. The average Bonchev–Trinajstić information content (AvgIpc) is 1.96. The van der Waals surface area contributed by atoms with Crippen LogP contribution < -0.4 is 5.32 Å². The van der Waals surface area contributed by atoms with Gasteiger partial charge in [-0.05, 0) is 6.92 Å². The number of carbonyl (C=O) groups is 1. The van der Waals surface area contributed by atoms with E-state index >= 15 is 0 Å². The number of rotatable bonds is 3. The first kappa shape index (κ1) is 13.0. The van der Waals surface area contributed by atoms with Gasteiger partial charge in [0.05, 0.1) is 0 Å².